The number of rotatable bonds is 3. The largest absolute Gasteiger partial charge is 0.486 e. The monoisotopic (exact) mass is 291 g/mol. The van der Waals surface area contributed by atoms with Crippen molar-refractivity contribution in [3.8, 4) is 11.5 Å². The van der Waals surface area contributed by atoms with Gasteiger partial charge in [-0.25, -0.2) is 4.39 Å². The average molecular weight is 291 g/mol. The summed E-state index contributed by atoms with van der Waals surface area (Å²) < 4.78 is 24.4. The number of benzene rings is 2. The highest BCUT2D eigenvalue weighted by molar-refractivity contribution is 7.98. The van der Waals surface area contributed by atoms with E-state index in [1.54, 1.807) is 17.8 Å². The van der Waals surface area contributed by atoms with Crippen LogP contribution in [-0.2, 0) is 5.75 Å². The number of nitrogen functional groups attached to an aromatic ring is 1. The number of thioether (sulfide) groups is 1. The second kappa shape index (κ2) is 5.63. The Balaban J connectivity index is 1.70. The zero-order valence-electron chi connectivity index (χ0n) is 10.8. The molecule has 2 aromatic carbocycles. The number of nitrogens with two attached hydrogens (primary N) is 1. The molecular weight excluding hydrogens is 277 g/mol. The highest BCUT2D eigenvalue weighted by atomic mass is 32.2. The Hall–Kier alpha value is -1.88. The summed E-state index contributed by atoms with van der Waals surface area (Å²) in [7, 11) is 0. The normalized spacial score (nSPS) is 13.2. The molecule has 2 N–H and O–H groups in total. The second-order valence-corrected chi connectivity index (χ2v) is 5.50. The lowest BCUT2D eigenvalue weighted by Crippen LogP contribution is -2.15. The fraction of sp³-hybridized carbons (Fsp3) is 0.200. The molecule has 1 aliphatic rings. The molecule has 3 nitrogen and oxygen atoms in total. The quantitative estimate of drug-likeness (QED) is 0.694. The van der Waals surface area contributed by atoms with Gasteiger partial charge in [-0.2, -0.15) is 0 Å². The Kier molecular flexibility index (Phi) is 3.69. The molecule has 0 fully saturated rings. The van der Waals surface area contributed by atoms with Gasteiger partial charge >= 0.3 is 0 Å². The van der Waals surface area contributed by atoms with E-state index in [9.17, 15) is 4.39 Å². The predicted molar refractivity (Wildman–Crippen MR) is 77.8 cm³/mol. The molecule has 1 heterocycles. The predicted octanol–water partition coefficient (Wildman–Crippen LogP) is 3.47. The van der Waals surface area contributed by atoms with Gasteiger partial charge in [0.1, 0.15) is 19.0 Å². The molecule has 0 spiro atoms. The van der Waals surface area contributed by atoms with E-state index in [2.05, 4.69) is 0 Å². The van der Waals surface area contributed by atoms with Gasteiger partial charge in [0, 0.05) is 10.6 Å². The molecular formula is C15H14FNO2S. The van der Waals surface area contributed by atoms with Gasteiger partial charge < -0.3 is 15.2 Å². The van der Waals surface area contributed by atoms with Gasteiger partial charge in [-0.1, -0.05) is 6.07 Å². The number of ether oxygens (including phenoxy) is 2. The molecule has 0 saturated carbocycles. The first-order valence-corrected chi connectivity index (χ1v) is 7.27. The van der Waals surface area contributed by atoms with Crippen molar-refractivity contribution in [3.63, 3.8) is 0 Å². The number of hydrogen-bond donors (Lipinski definition) is 1. The van der Waals surface area contributed by atoms with Crippen molar-refractivity contribution < 1.29 is 13.9 Å². The molecule has 0 unspecified atom stereocenters. The third kappa shape index (κ3) is 2.82. The zero-order valence-corrected chi connectivity index (χ0v) is 11.6. The van der Waals surface area contributed by atoms with E-state index in [1.807, 2.05) is 24.3 Å². The molecule has 0 aromatic heterocycles. The molecule has 2 aromatic rings. The molecule has 1 aliphatic heterocycles. The lowest BCUT2D eigenvalue weighted by molar-refractivity contribution is 0.171. The SMILES string of the molecule is Nc1ccc(CSc2ccc3c(c2)OCCO3)cc1F. The van der Waals surface area contributed by atoms with Crippen LogP contribution in [0.3, 0.4) is 0 Å². The van der Waals surface area contributed by atoms with Crippen LogP contribution in [0.1, 0.15) is 5.56 Å². The molecule has 0 atom stereocenters. The molecule has 104 valence electrons. The summed E-state index contributed by atoms with van der Waals surface area (Å²) >= 11 is 1.62. The van der Waals surface area contributed by atoms with E-state index in [-0.39, 0.29) is 11.5 Å². The van der Waals surface area contributed by atoms with Crippen LogP contribution in [-0.4, -0.2) is 13.2 Å². The van der Waals surface area contributed by atoms with Crippen LogP contribution in [0.25, 0.3) is 0 Å². The van der Waals surface area contributed by atoms with Crippen molar-refractivity contribution in [3.05, 3.63) is 47.8 Å². The molecule has 5 heteroatoms. The minimum absolute atomic E-state index is 0.179. The lowest BCUT2D eigenvalue weighted by Gasteiger charge is -2.18. The summed E-state index contributed by atoms with van der Waals surface area (Å²) in [5.41, 5.74) is 6.54. The molecule has 0 aliphatic carbocycles. The second-order valence-electron chi connectivity index (χ2n) is 4.45. The van der Waals surface area contributed by atoms with Gasteiger partial charge in [-0.3, -0.25) is 0 Å². The Morgan fingerprint density at radius 3 is 2.65 bits per heavy atom. The molecule has 0 radical (unpaired) electrons. The van der Waals surface area contributed by atoms with Gasteiger partial charge in [0.05, 0.1) is 5.69 Å². The van der Waals surface area contributed by atoms with Gasteiger partial charge in [0.25, 0.3) is 0 Å². The molecule has 0 bridgehead atoms. The molecule has 0 saturated heterocycles. The van der Waals surface area contributed by atoms with E-state index in [4.69, 9.17) is 15.2 Å². The summed E-state index contributed by atoms with van der Waals surface area (Å²) in [6.07, 6.45) is 0. The minimum atomic E-state index is -0.370. The van der Waals surface area contributed by atoms with Crippen molar-refractivity contribution in [2.75, 3.05) is 18.9 Å². The minimum Gasteiger partial charge on any atom is -0.486 e. The summed E-state index contributed by atoms with van der Waals surface area (Å²) in [4.78, 5) is 1.06. The van der Waals surface area contributed by atoms with Crippen LogP contribution < -0.4 is 15.2 Å². The summed E-state index contributed by atoms with van der Waals surface area (Å²) in [6, 6.07) is 10.7. The molecule has 20 heavy (non-hydrogen) atoms. The van der Waals surface area contributed by atoms with E-state index in [0.29, 0.717) is 19.0 Å². The van der Waals surface area contributed by atoms with Crippen molar-refractivity contribution in [2.24, 2.45) is 0 Å². The van der Waals surface area contributed by atoms with E-state index < -0.39 is 0 Å². The first-order chi connectivity index (χ1) is 9.72. The summed E-state index contributed by atoms with van der Waals surface area (Å²) in [6.45, 7) is 1.16. The van der Waals surface area contributed by atoms with Gasteiger partial charge in [0.15, 0.2) is 11.5 Å². The maximum Gasteiger partial charge on any atom is 0.162 e. The average Bonchev–Trinajstić information content (AvgIpc) is 2.48. The Labute approximate surface area is 120 Å². The number of hydrogen-bond acceptors (Lipinski definition) is 4. The Morgan fingerprint density at radius 1 is 1.05 bits per heavy atom. The first-order valence-electron chi connectivity index (χ1n) is 6.29. The van der Waals surface area contributed by atoms with Crippen molar-refractivity contribution in [1.82, 2.24) is 0 Å². The van der Waals surface area contributed by atoms with E-state index >= 15 is 0 Å². The first kappa shape index (κ1) is 13.1. The summed E-state index contributed by atoms with van der Waals surface area (Å²) in [5, 5.41) is 0. The fourth-order valence-corrected chi connectivity index (χ4v) is 2.81. The van der Waals surface area contributed by atoms with Crippen LogP contribution in [0.15, 0.2) is 41.3 Å². The van der Waals surface area contributed by atoms with Gasteiger partial charge in [0.2, 0.25) is 0 Å². The van der Waals surface area contributed by atoms with E-state index in [1.165, 1.54) is 6.07 Å². The van der Waals surface area contributed by atoms with Gasteiger partial charge in [-0.15, -0.1) is 11.8 Å². The molecule has 3 rings (SSSR count). The van der Waals surface area contributed by atoms with Crippen LogP contribution >= 0.6 is 11.8 Å². The Morgan fingerprint density at radius 2 is 1.85 bits per heavy atom. The Bertz CT molecular complexity index is 633. The maximum absolute atomic E-state index is 13.4. The zero-order chi connectivity index (χ0) is 13.9. The van der Waals surface area contributed by atoms with Gasteiger partial charge in [-0.05, 0) is 35.9 Å². The summed E-state index contributed by atoms with van der Waals surface area (Å²) in [5.74, 6) is 1.85. The number of halogens is 1. The maximum atomic E-state index is 13.4. The third-order valence-electron chi connectivity index (χ3n) is 2.98. The highest BCUT2D eigenvalue weighted by Crippen LogP contribution is 2.35. The number of fused-ring (bicyclic) bond motifs is 1. The topological polar surface area (TPSA) is 44.5 Å². The third-order valence-corrected chi connectivity index (χ3v) is 4.05. The van der Waals surface area contributed by atoms with Crippen LogP contribution in [0.2, 0.25) is 0 Å². The smallest absolute Gasteiger partial charge is 0.162 e. The van der Waals surface area contributed by atoms with Crippen LogP contribution in [0.5, 0.6) is 11.5 Å². The number of anilines is 1. The standard InChI is InChI=1S/C15H14FNO2S/c16-12-7-10(1-3-13(12)17)9-20-11-2-4-14-15(8-11)19-6-5-18-14/h1-4,7-8H,5-6,9,17H2. The van der Waals surface area contributed by atoms with Crippen molar-refractivity contribution in [2.45, 2.75) is 10.6 Å². The van der Waals surface area contributed by atoms with Crippen molar-refractivity contribution >= 4 is 17.4 Å². The van der Waals surface area contributed by atoms with Crippen LogP contribution in [0.4, 0.5) is 10.1 Å². The van der Waals surface area contributed by atoms with E-state index in [0.717, 1.165) is 22.0 Å². The van der Waals surface area contributed by atoms with Crippen molar-refractivity contribution in [1.29, 1.82) is 0 Å². The molecule has 0 amide bonds. The highest BCUT2D eigenvalue weighted by Gasteiger charge is 2.12. The van der Waals surface area contributed by atoms with Crippen LogP contribution in [0, 0.1) is 5.82 Å². The lowest BCUT2D eigenvalue weighted by atomic mass is 10.2. The fourth-order valence-electron chi connectivity index (χ4n) is 1.94.